The number of hydrogen-bond acceptors (Lipinski definition) is 3. The summed E-state index contributed by atoms with van der Waals surface area (Å²) in [5.41, 5.74) is 4.58. The number of pyridine rings is 2. The molecule has 3 aromatic heterocycles. The molecule has 4 aromatic rings. The maximum atomic E-state index is 11.2. The van der Waals surface area contributed by atoms with Gasteiger partial charge in [0.1, 0.15) is 11.4 Å². The Morgan fingerprint density at radius 1 is 0.958 bits per heavy atom. The molecule has 118 valence electrons. The van der Waals surface area contributed by atoms with Gasteiger partial charge in [0.05, 0.1) is 7.11 Å². The molecule has 0 atom stereocenters. The Bertz CT molecular complexity index is 1060. The van der Waals surface area contributed by atoms with Gasteiger partial charge >= 0.3 is 0 Å². The Morgan fingerprint density at radius 3 is 2.62 bits per heavy atom. The number of fused-ring (bicyclic) bond motifs is 1. The summed E-state index contributed by atoms with van der Waals surface area (Å²) in [5.74, 6) is 0.813. The molecule has 0 aliphatic carbocycles. The first kappa shape index (κ1) is 14.3. The Morgan fingerprint density at radius 2 is 1.83 bits per heavy atom. The van der Waals surface area contributed by atoms with Crippen molar-refractivity contribution in [2.75, 3.05) is 7.11 Å². The standard InChI is InChI=1S/C19H15N3O2/c1-24-17-5-3-2-4-14(17)16-11-22-19-15(16)8-13(10-21-19)12-6-7-18(23)20-9-12/h2-11H,1H3,(H,20,23)(H,21,22). The third kappa shape index (κ3) is 2.36. The number of nitrogens with one attached hydrogen (secondary N) is 2. The van der Waals surface area contributed by atoms with Gasteiger partial charge in [-0.1, -0.05) is 18.2 Å². The zero-order valence-electron chi connectivity index (χ0n) is 13.0. The Balaban J connectivity index is 1.90. The molecule has 24 heavy (non-hydrogen) atoms. The minimum absolute atomic E-state index is 0.121. The van der Waals surface area contributed by atoms with Crippen LogP contribution in [-0.4, -0.2) is 22.1 Å². The summed E-state index contributed by atoms with van der Waals surface area (Å²) in [6.45, 7) is 0. The van der Waals surface area contributed by atoms with Crippen LogP contribution in [0.1, 0.15) is 0 Å². The largest absolute Gasteiger partial charge is 0.496 e. The third-order valence-electron chi connectivity index (χ3n) is 4.05. The van der Waals surface area contributed by atoms with Crippen LogP contribution in [0.2, 0.25) is 0 Å². The minimum atomic E-state index is -0.121. The van der Waals surface area contributed by atoms with E-state index in [1.807, 2.05) is 30.5 Å². The Hall–Kier alpha value is -3.34. The summed E-state index contributed by atoms with van der Waals surface area (Å²) in [6, 6.07) is 13.3. The fourth-order valence-corrected chi connectivity index (χ4v) is 2.84. The molecular weight excluding hydrogens is 302 g/mol. The monoisotopic (exact) mass is 317 g/mol. The van der Waals surface area contributed by atoms with Crippen molar-refractivity contribution in [2.24, 2.45) is 0 Å². The summed E-state index contributed by atoms with van der Waals surface area (Å²) in [4.78, 5) is 21.6. The van der Waals surface area contributed by atoms with Gasteiger partial charge in [0.15, 0.2) is 0 Å². The van der Waals surface area contributed by atoms with Crippen molar-refractivity contribution in [3.05, 3.63) is 71.4 Å². The zero-order chi connectivity index (χ0) is 16.5. The van der Waals surface area contributed by atoms with Crippen LogP contribution >= 0.6 is 0 Å². The number of para-hydroxylation sites is 1. The summed E-state index contributed by atoms with van der Waals surface area (Å²) in [7, 11) is 1.66. The molecule has 5 nitrogen and oxygen atoms in total. The maximum absolute atomic E-state index is 11.2. The number of nitrogens with zero attached hydrogens (tertiary/aromatic N) is 1. The van der Waals surface area contributed by atoms with Crippen molar-refractivity contribution in [1.29, 1.82) is 0 Å². The third-order valence-corrected chi connectivity index (χ3v) is 4.05. The van der Waals surface area contributed by atoms with Gasteiger partial charge < -0.3 is 14.7 Å². The lowest BCUT2D eigenvalue weighted by atomic mass is 10.0. The van der Waals surface area contributed by atoms with E-state index >= 15 is 0 Å². The lowest BCUT2D eigenvalue weighted by Crippen LogP contribution is -2.01. The van der Waals surface area contributed by atoms with E-state index in [2.05, 4.69) is 21.0 Å². The smallest absolute Gasteiger partial charge is 0.247 e. The van der Waals surface area contributed by atoms with Crippen molar-refractivity contribution >= 4 is 11.0 Å². The molecular formula is C19H15N3O2. The molecule has 5 heteroatoms. The number of aromatic nitrogens is 3. The first-order chi connectivity index (χ1) is 11.8. The van der Waals surface area contributed by atoms with Crippen LogP contribution in [0.5, 0.6) is 5.75 Å². The molecule has 4 rings (SSSR count). The molecule has 2 N–H and O–H groups in total. The van der Waals surface area contributed by atoms with Gasteiger partial charge in [-0.15, -0.1) is 0 Å². The van der Waals surface area contributed by atoms with Gasteiger partial charge in [-0.3, -0.25) is 4.79 Å². The second kappa shape index (κ2) is 5.70. The molecule has 3 heterocycles. The molecule has 0 saturated carbocycles. The normalized spacial score (nSPS) is 10.9. The van der Waals surface area contributed by atoms with E-state index in [1.165, 1.54) is 6.07 Å². The molecule has 0 aliphatic rings. The molecule has 0 spiro atoms. The summed E-state index contributed by atoms with van der Waals surface area (Å²) in [5, 5.41) is 1.00. The van der Waals surface area contributed by atoms with Gasteiger partial charge in [-0.25, -0.2) is 4.98 Å². The van der Waals surface area contributed by atoms with Crippen molar-refractivity contribution in [1.82, 2.24) is 15.0 Å². The Labute approximate surface area is 138 Å². The topological polar surface area (TPSA) is 70.8 Å². The maximum Gasteiger partial charge on any atom is 0.247 e. The van der Waals surface area contributed by atoms with Crippen molar-refractivity contribution in [3.63, 3.8) is 0 Å². The van der Waals surface area contributed by atoms with Crippen LogP contribution < -0.4 is 10.3 Å². The van der Waals surface area contributed by atoms with E-state index in [0.29, 0.717) is 0 Å². The highest BCUT2D eigenvalue weighted by Crippen LogP contribution is 2.35. The zero-order valence-corrected chi connectivity index (χ0v) is 13.0. The molecule has 0 radical (unpaired) electrons. The van der Waals surface area contributed by atoms with Gasteiger partial charge in [-0.05, 0) is 23.8 Å². The average molecular weight is 317 g/mol. The second-order valence-corrected chi connectivity index (χ2v) is 5.46. The van der Waals surface area contributed by atoms with Gasteiger partial charge in [0.2, 0.25) is 5.56 Å². The Kier molecular flexibility index (Phi) is 3.39. The van der Waals surface area contributed by atoms with E-state index < -0.39 is 0 Å². The van der Waals surface area contributed by atoms with Crippen LogP contribution in [-0.2, 0) is 0 Å². The van der Waals surface area contributed by atoms with E-state index in [4.69, 9.17) is 4.74 Å². The van der Waals surface area contributed by atoms with E-state index in [9.17, 15) is 4.79 Å². The van der Waals surface area contributed by atoms with Crippen LogP contribution in [0, 0.1) is 0 Å². The number of rotatable bonds is 3. The van der Waals surface area contributed by atoms with Gasteiger partial charge in [0, 0.05) is 46.7 Å². The molecule has 0 aliphatic heterocycles. The molecule has 0 fully saturated rings. The lowest BCUT2D eigenvalue weighted by molar-refractivity contribution is 0.416. The van der Waals surface area contributed by atoms with Crippen molar-refractivity contribution in [2.45, 2.75) is 0 Å². The predicted octanol–water partition coefficient (Wildman–Crippen LogP) is 3.59. The first-order valence-electron chi connectivity index (χ1n) is 7.56. The quantitative estimate of drug-likeness (QED) is 0.606. The van der Waals surface area contributed by atoms with Crippen LogP contribution in [0.15, 0.2) is 65.8 Å². The number of hydrogen-bond donors (Lipinski definition) is 2. The highest BCUT2D eigenvalue weighted by molar-refractivity contribution is 5.97. The van der Waals surface area contributed by atoms with E-state index in [0.717, 1.165) is 39.0 Å². The minimum Gasteiger partial charge on any atom is -0.496 e. The molecule has 0 amide bonds. The SMILES string of the molecule is COc1ccccc1-c1c[nH]c2ncc(-c3ccc(=O)[nH]c3)cc12. The highest BCUT2D eigenvalue weighted by atomic mass is 16.5. The summed E-state index contributed by atoms with van der Waals surface area (Å²) < 4.78 is 5.47. The molecule has 0 unspecified atom stereocenters. The fourth-order valence-electron chi connectivity index (χ4n) is 2.84. The highest BCUT2D eigenvalue weighted by Gasteiger charge is 2.12. The van der Waals surface area contributed by atoms with E-state index in [1.54, 1.807) is 25.6 Å². The number of benzene rings is 1. The second-order valence-electron chi connectivity index (χ2n) is 5.46. The van der Waals surface area contributed by atoms with Crippen molar-refractivity contribution < 1.29 is 4.74 Å². The average Bonchev–Trinajstić information content (AvgIpc) is 3.05. The van der Waals surface area contributed by atoms with Crippen molar-refractivity contribution in [3.8, 4) is 28.0 Å². The van der Waals surface area contributed by atoms with Gasteiger partial charge in [0.25, 0.3) is 0 Å². The van der Waals surface area contributed by atoms with Gasteiger partial charge in [-0.2, -0.15) is 0 Å². The fraction of sp³-hybridized carbons (Fsp3) is 0.0526. The predicted molar refractivity (Wildman–Crippen MR) is 94.1 cm³/mol. The van der Waals surface area contributed by atoms with E-state index in [-0.39, 0.29) is 5.56 Å². The van der Waals surface area contributed by atoms with Crippen LogP contribution in [0.25, 0.3) is 33.3 Å². The van der Waals surface area contributed by atoms with Crippen LogP contribution in [0.4, 0.5) is 0 Å². The molecule has 0 saturated heterocycles. The molecule has 1 aromatic carbocycles. The lowest BCUT2D eigenvalue weighted by Gasteiger charge is -2.07. The first-order valence-corrected chi connectivity index (χ1v) is 7.56. The number of aromatic amines is 2. The number of H-pyrrole nitrogens is 2. The number of methoxy groups -OCH3 is 1. The molecule has 0 bridgehead atoms. The number of ether oxygens (including phenoxy) is 1. The summed E-state index contributed by atoms with van der Waals surface area (Å²) in [6.07, 6.45) is 5.42. The van der Waals surface area contributed by atoms with Crippen LogP contribution in [0.3, 0.4) is 0 Å². The summed E-state index contributed by atoms with van der Waals surface area (Å²) >= 11 is 0.